The Labute approximate surface area is 129 Å². The van der Waals surface area contributed by atoms with Gasteiger partial charge in [-0.05, 0) is 37.9 Å². The van der Waals surface area contributed by atoms with Crippen molar-refractivity contribution >= 4 is 26.0 Å². The fraction of sp³-hybridized carbons (Fsp3) is 0.933. The van der Waals surface area contributed by atoms with E-state index in [1.54, 1.807) is 0 Å². The first-order chi connectivity index (χ1) is 8.92. The highest BCUT2D eigenvalue weighted by Gasteiger charge is 2.48. The lowest BCUT2D eigenvalue weighted by atomic mass is 9.99. The first-order valence-corrected chi connectivity index (χ1v) is 11.4. The van der Waals surface area contributed by atoms with Gasteiger partial charge in [0.25, 0.3) is 8.32 Å². The molecule has 0 bridgehead atoms. The first-order valence-electron chi connectivity index (χ1n) is 7.52. The number of rotatable bonds is 4. The molecule has 0 radical (unpaired) electrons. The zero-order chi connectivity index (χ0) is 15.8. The molecule has 0 unspecified atom stereocenters. The molecule has 20 heavy (non-hydrogen) atoms. The fourth-order valence-corrected chi connectivity index (χ4v) is 5.72. The molecule has 0 aromatic heterocycles. The lowest BCUT2D eigenvalue weighted by molar-refractivity contribution is -0.138. The summed E-state index contributed by atoms with van der Waals surface area (Å²) >= 11 is 1.85. The number of carbonyl (C=O) groups is 1. The van der Waals surface area contributed by atoms with E-state index in [0.717, 1.165) is 12.3 Å². The first kappa shape index (κ1) is 18.0. The van der Waals surface area contributed by atoms with Crippen LogP contribution < -0.4 is 5.32 Å². The zero-order valence-corrected chi connectivity index (χ0v) is 16.1. The topological polar surface area (TPSA) is 38.3 Å². The quantitative estimate of drug-likeness (QED) is 0.803. The van der Waals surface area contributed by atoms with Crippen molar-refractivity contribution in [1.29, 1.82) is 0 Å². The monoisotopic (exact) mass is 317 g/mol. The molecule has 5 heteroatoms. The zero-order valence-electron chi connectivity index (χ0n) is 14.3. The predicted octanol–water partition coefficient (Wildman–Crippen LogP) is 3.65. The summed E-state index contributed by atoms with van der Waals surface area (Å²) in [6, 6.07) is -0.198. The van der Waals surface area contributed by atoms with Crippen molar-refractivity contribution in [3.8, 4) is 0 Å². The molecule has 0 aromatic carbocycles. The highest BCUT2D eigenvalue weighted by Crippen LogP contribution is 2.45. The van der Waals surface area contributed by atoms with Gasteiger partial charge in [-0.2, -0.15) is 11.8 Å². The van der Waals surface area contributed by atoms with Crippen LogP contribution >= 0.6 is 11.8 Å². The molecule has 1 atom stereocenters. The molecule has 3 nitrogen and oxygen atoms in total. The third-order valence-corrected chi connectivity index (χ3v) is 11.0. The van der Waals surface area contributed by atoms with Crippen molar-refractivity contribution in [1.82, 2.24) is 5.32 Å². The molecule has 1 rings (SSSR count). The third-order valence-electron chi connectivity index (χ3n) is 5.21. The Hall–Kier alpha value is -0.00312. The molecule has 1 aliphatic rings. The molecule has 1 saturated heterocycles. The van der Waals surface area contributed by atoms with E-state index in [4.69, 9.17) is 4.43 Å². The minimum Gasteiger partial charge on any atom is -0.518 e. The van der Waals surface area contributed by atoms with Gasteiger partial charge in [-0.1, -0.05) is 27.7 Å². The van der Waals surface area contributed by atoms with Crippen LogP contribution in [0.1, 0.15) is 41.5 Å². The van der Waals surface area contributed by atoms with E-state index in [0.29, 0.717) is 5.92 Å². The van der Waals surface area contributed by atoms with Gasteiger partial charge in [-0.25, -0.2) is 0 Å². The van der Waals surface area contributed by atoms with Crippen LogP contribution in [0.25, 0.3) is 0 Å². The molecule has 0 saturated carbocycles. The van der Waals surface area contributed by atoms with Crippen molar-refractivity contribution in [2.24, 2.45) is 5.92 Å². The maximum Gasteiger partial charge on any atom is 0.311 e. The highest BCUT2D eigenvalue weighted by atomic mass is 32.2. The molecule has 0 amide bonds. The van der Waals surface area contributed by atoms with Crippen LogP contribution in [0.3, 0.4) is 0 Å². The molecule has 0 aliphatic carbocycles. The van der Waals surface area contributed by atoms with Gasteiger partial charge in [0, 0.05) is 17.0 Å². The number of carbonyl (C=O) groups excluding carboxylic acids is 1. The summed E-state index contributed by atoms with van der Waals surface area (Å²) in [7, 11) is -2.10. The van der Waals surface area contributed by atoms with Crippen LogP contribution in [0.2, 0.25) is 18.1 Å². The summed E-state index contributed by atoms with van der Waals surface area (Å²) in [4.78, 5) is 12.6. The summed E-state index contributed by atoms with van der Waals surface area (Å²) < 4.78 is 5.97. The van der Waals surface area contributed by atoms with Crippen LogP contribution in [-0.2, 0) is 9.22 Å². The van der Waals surface area contributed by atoms with Crippen molar-refractivity contribution < 1.29 is 9.22 Å². The molecule has 1 heterocycles. The van der Waals surface area contributed by atoms with Gasteiger partial charge < -0.3 is 9.74 Å². The minimum atomic E-state index is -2.10. The van der Waals surface area contributed by atoms with Crippen LogP contribution in [-0.4, -0.2) is 37.4 Å². The lowest BCUT2D eigenvalue weighted by Crippen LogP contribution is -2.58. The summed E-state index contributed by atoms with van der Waals surface area (Å²) in [5.41, 5.74) is 0. The molecular formula is C15H31NO2SSi. The standard InChI is InChI=1S/C15H31NO2SSi/c1-11(2)15(5,6)20(7,8)18-13(17)12-14(3,4)19-10-9-16-12/h11-12,16H,9-10H2,1-8H3/t12-/m0/s1. The van der Waals surface area contributed by atoms with Gasteiger partial charge in [0.2, 0.25) is 0 Å². The predicted molar refractivity (Wildman–Crippen MR) is 90.8 cm³/mol. The molecule has 0 spiro atoms. The van der Waals surface area contributed by atoms with Crippen LogP contribution in [0.5, 0.6) is 0 Å². The Morgan fingerprint density at radius 2 is 1.95 bits per heavy atom. The van der Waals surface area contributed by atoms with E-state index in [-0.39, 0.29) is 21.8 Å². The van der Waals surface area contributed by atoms with Crippen LogP contribution in [0.15, 0.2) is 0 Å². The van der Waals surface area contributed by atoms with Gasteiger partial charge >= 0.3 is 5.97 Å². The largest absolute Gasteiger partial charge is 0.518 e. The normalized spacial score (nSPS) is 23.8. The average molecular weight is 318 g/mol. The van der Waals surface area contributed by atoms with E-state index >= 15 is 0 Å². The van der Waals surface area contributed by atoms with Gasteiger partial charge in [0.05, 0.1) is 0 Å². The molecule has 1 aliphatic heterocycles. The second-order valence-corrected chi connectivity index (χ2v) is 13.9. The van der Waals surface area contributed by atoms with Crippen molar-refractivity contribution in [3.05, 3.63) is 0 Å². The van der Waals surface area contributed by atoms with E-state index in [9.17, 15) is 4.79 Å². The fourth-order valence-electron chi connectivity index (χ4n) is 2.35. The molecule has 118 valence electrons. The Morgan fingerprint density at radius 3 is 2.40 bits per heavy atom. The number of thioether (sulfide) groups is 1. The highest BCUT2D eigenvalue weighted by molar-refractivity contribution is 8.00. The Kier molecular flexibility index (Phi) is 5.42. The number of hydrogen-bond donors (Lipinski definition) is 1. The summed E-state index contributed by atoms with van der Waals surface area (Å²) in [5.74, 6) is 1.49. The molecule has 0 aromatic rings. The third kappa shape index (κ3) is 3.60. The van der Waals surface area contributed by atoms with Gasteiger partial charge in [-0.3, -0.25) is 4.79 Å². The van der Waals surface area contributed by atoms with E-state index in [2.05, 4.69) is 60.0 Å². The summed E-state index contributed by atoms with van der Waals surface area (Å²) in [6.45, 7) is 18.3. The maximum absolute atomic E-state index is 12.6. The van der Waals surface area contributed by atoms with Gasteiger partial charge in [0.15, 0.2) is 0 Å². The Balaban J connectivity index is 2.84. The Morgan fingerprint density at radius 1 is 1.40 bits per heavy atom. The SMILES string of the molecule is CC(C)C(C)(C)[Si](C)(C)OC(=O)[C@@H]1NCCSC1(C)C. The second-order valence-electron chi connectivity index (χ2n) is 7.65. The minimum absolute atomic E-state index is 0.0624. The molecule has 1 N–H and O–H groups in total. The van der Waals surface area contributed by atoms with E-state index in [1.165, 1.54) is 0 Å². The average Bonchev–Trinajstić information content (AvgIpc) is 2.26. The van der Waals surface area contributed by atoms with E-state index < -0.39 is 8.32 Å². The number of nitrogens with one attached hydrogen (secondary N) is 1. The molecule has 1 fully saturated rings. The van der Waals surface area contributed by atoms with Crippen molar-refractivity contribution in [2.45, 2.75) is 70.5 Å². The molecular weight excluding hydrogens is 286 g/mol. The summed E-state index contributed by atoms with van der Waals surface area (Å²) in [6.07, 6.45) is 0. The van der Waals surface area contributed by atoms with Crippen molar-refractivity contribution in [3.63, 3.8) is 0 Å². The smallest absolute Gasteiger partial charge is 0.311 e. The van der Waals surface area contributed by atoms with Gasteiger partial charge in [-0.15, -0.1) is 0 Å². The lowest BCUT2D eigenvalue weighted by Gasteiger charge is -2.44. The Bertz CT molecular complexity index is 367. The van der Waals surface area contributed by atoms with Crippen molar-refractivity contribution in [2.75, 3.05) is 12.3 Å². The van der Waals surface area contributed by atoms with Crippen LogP contribution in [0, 0.1) is 5.92 Å². The number of hydrogen-bond acceptors (Lipinski definition) is 4. The summed E-state index contributed by atoms with van der Waals surface area (Å²) in [5, 5.41) is 3.40. The van der Waals surface area contributed by atoms with Gasteiger partial charge in [0.1, 0.15) is 6.04 Å². The second kappa shape index (κ2) is 6.01. The van der Waals surface area contributed by atoms with E-state index in [1.807, 2.05) is 11.8 Å². The van der Waals surface area contributed by atoms with Crippen LogP contribution in [0.4, 0.5) is 0 Å². The maximum atomic E-state index is 12.6.